The molecule has 0 fully saturated rings. The van der Waals surface area contributed by atoms with Crippen LogP contribution in [-0.2, 0) is 28.5 Å². The van der Waals surface area contributed by atoms with Crippen LogP contribution in [0.25, 0.3) is 5.57 Å². The highest BCUT2D eigenvalue weighted by atomic mass is 35.5. The first kappa shape index (κ1) is 17.9. The Labute approximate surface area is 150 Å². The molecule has 1 unspecified atom stereocenters. The second-order valence-corrected chi connectivity index (χ2v) is 8.05. The van der Waals surface area contributed by atoms with Gasteiger partial charge in [-0.2, -0.15) is 0 Å². The monoisotopic (exact) mass is 378 g/mol. The van der Waals surface area contributed by atoms with Gasteiger partial charge in [0.1, 0.15) is 0 Å². The normalized spacial score (nSPS) is 20.7. The van der Waals surface area contributed by atoms with Crippen molar-refractivity contribution in [2.45, 2.75) is 5.34 Å². The lowest BCUT2D eigenvalue weighted by Crippen LogP contribution is -2.29. The van der Waals surface area contributed by atoms with E-state index in [2.05, 4.69) is 0 Å². The molecule has 1 atom stereocenters. The van der Waals surface area contributed by atoms with E-state index in [9.17, 15) is 9.36 Å². The van der Waals surface area contributed by atoms with Gasteiger partial charge in [-0.25, -0.2) is 4.79 Å². The minimum Gasteiger partial charge on any atom is -0.431 e. The number of ether oxygens (including phenoxy) is 1. The van der Waals surface area contributed by atoms with E-state index in [1.54, 1.807) is 54.6 Å². The Hall–Kier alpha value is -1.91. The summed E-state index contributed by atoms with van der Waals surface area (Å²) < 4.78 is 29.3. The summed E-state index contributed by atoms with van der Waals surface area (Å²) >= 11 is 6.61. The van der Waals surface area contributed by atoms with Crippen LogP contribution in [0, 0.1) is 0 Å². The molecule has 2 aromatic rings. The molecule has 1 heterocycles. The summed E-state index contributed by atoms with van der Waals surface area (Å²) in [6.45, 7) is 0. The Bertz CT molecular complexity index is 858. The summed E-state index contributed by atoms with van der Waals surface area (Å²) in [6.07, 6.45) is 0. The van der Waals surface area contributed by atoms with E-state index in [0.717, 1.165) is 0 Å². The highest BCUT2D eigenvalue weighted by Crippen LogP contribution is 2.71. The molecule has 0 radical (unpaired) electrons. The number of carbonyl (C=O) groups excluding carboxylic acids is 1. The van der Waals surface area contributed by atoms with Gasteiger partial charge in [0.2, 0.25) is 0 Å². The van der Waals surface area contributed by atoms with Crippen molar-refractivity contribution in [1.29, 1.82) is 0 Å². The molecule has 25 heavy (non-hydrogen) atoms. The lowest BCUT2D eigenvalue weighted by atomic mass is 10.0. The number of carbonyl (C=O) groups is 1. The Morgan fingerprint density at radius 2 is 1.48 bits per heavy atom. The van der Waals surface area contributed by atoms with Crippen LogP contribution in [0.5, 0.6) is 0 Å². The quantitative estimate of drug-likeness (QED) is 0.565. The topological polar surface area (TPSA) is 61.8 Å². The van der Waals surface area contributed by atoms with Crippen molar-refractivity contribution >= 4 is 30.7 Å². The second-order valence-electron chi connectivity index (χ2n) is 5.32. The zero-order valence-corrected chi connectivity index (χ0v) is 15.3. The van der Waals surface area contributed by atoms with Crippen LogP contribution in [0.3, 0.4) is 0 Å². The fourth-order valence-corrected chi connectivity index (χ4v) is 5.17. The summed E-state index contributed by atoms with van der Waals surface area (Å²) in [5.74, 6) is -0.686. The Kier molecular flexibility index (Phi) is 4.85. The smallest absolute Gasteiger partial charge is 0.383 e. The zero-order valence-electron chi connectivity index (χ0n) is 13.6. The summed E-state index contributed by atoms with van der Waals surface area (Å²) in [7, 11) is -1.51. The maximum Gasteiger partial charge on any atom is 0.383 e. The van der Waals surface area contributed by atoms with E-state index in [4.69, 9.17) is 25.4 Å². The van der Waals surface area contributed by atoms with E-state index in [-0.39, 0.29) is 10.6 Å². The predicted octanol–water partition coefficient (Wildman–Crippen LogP) is 4.53. The SMILES string of the molecule is COP(=O)(OC)C1(c2ccccc2)OC(=O)C(c2ccccc2)=C1Cl. The van der Waals surface area contributed by atoms with Gasteiger partial charge in [-0.05, 0) is 5.56 Å². The van der Waals surface area contributed by atoms with Crippen LogP contribution in [0.4, 0.5) is 0 Å². The van der Waals surface area contributed by atoms with Gasteiger partial charge < -0.3 is 13.8 Å². The highest BCUT2D eigenvalue weighted by molar-refractivity contribution is 7.55. The standard InChI is InChI=1S/C18H16ClO5P/c1-22-25(21,23-2)18(14-11-7-4-8-12-14)16(19)15(17(20)24-18)13-9-5-3-6-10-13/h3-12H,1-2H3. The van der Waals surface area contributed by atoms with Crippen LogP contribution < -0.4 is 0 Å². The van der Waals surface area contributed by atoms with Crippen molar-refractivity contribution in [3.63, 3.8) is 0 Å². The number of cyclic esters (lactones) is 1. The molecule has 0 N–H and O–H groups in total. The average molecular weight is 379 g/mol. The maximum atomic E-state index is 13.4. The molecule has 7 heteroatoms. The molecule has 2 aromatic carbocycles. The van der Waals surface area contributed by atoms with E-state index in [0.29, 0.717) is 11.1 Å². The number of benzene rings is 2. The fraction of sp³-hybridized carbons (Fsp3) is 0.167. The first-order valence-electron chi connectivity index (χ1n) is 7.46. The fourth-order valence-electron chi connectivity index (χ4n) is 2.85. The van der Waals surface area contributed by atoms with Gasteiger partial charge in [-0.3, -0.25) is 4.57 Å². The van der Waals surface area contributed by atoms with Gasteiger partial charge >= 0.3 is 13.6 Å². The van der Waals surface area contributed by atoms with E-state index >= 15 is 0 Å². The number of esters is 1. The van der Waals surface area contributed by atoms with Crippen LogP contribution in [0.2, 0.25) is 0 Å². The van der Waals surface area contributed by atoms with Crippen molar-refractivity contribution in [2.24, 2.45) is 0 Å². The minimum atomic E-state index is -3.97. The van der Waals surface area contributed by atoms with Crippen LogP contribution in [-0.4, -0.2) is 20.2 Å². The Balaban J connectivity index is 2.33. The predicted molar refractivity (Wildman–Crippen MR) is 95.1 cm³/mol. The molecule has 3 rings (SSSR count). The lowest BCUT2D eigenvalue weighted by Gasteiger charge is -2.33. The highest BCUT2D eigenvalue weighted by Gasteiger charge is 2.63. The van der Waals surface area contributed by atoms with Crippen LogP contribution >= 0.6 is 19.2 Å². The Morgan fingerprint density at radius 3 is 2.00 bits per heavy atom. The third-order valence-electron chi connectivity index (χ3n) is 4.06. The molecular formula is C18H16ClO5P. The third-order valence-corrected chi connectivity index (χ3v) is 6.95. The van der Waals surface area contributed by atoms with Crippen molar-refractivity contribution in [1.82, 2.24) is 0 Å². The lowest BCUT2D eigenvalue weighted by molar-refractivity contribution is -0.141. The summed E-state index contributed by atoms with van der Waals surface area (Å²) in [6, 6.07) is 17.4. The van der Waals surface area contributed by atoms with Crippen molar-refractivity contribution in [2.75, 3.05) is 14.2 Å². The van der Waals surface area contributed by atoms with Crippen molar-refractivity contribution in [3.05, 3.63) is 76.8 Å². The zero-order chi connectivity index (χ0) is 18.1. The average Bonchev–Trinajstić information content (AvgIpc) is 2.94. The number of hydrogen-bond donors (Lipinski definition) is 0. The molecule has 0 amide bonds. The number of rotatable bonds is 5. The van der Waals surface area contributed by atoms with Gasteiger partial charge in [0.25, 0.3) is 5.34 Å². The molecule has 0 spiro atoms. The minimum absolute atomic E-state index is 0.0260. The summed E-state index contributed by atoms with van der Waals surface area (Å²) in [5.41, 5.74) is 1.11. The maximum absolute atomic E-state index is 13.4. The van der Waals surface area contributed by atoms with Crippen molar-refractivity contribution < 1.29 is 23.1 Å². The van der Waals surface area contributed by atoms with Gasteiger partial charge in [-0.15, -0.1) is 0 Å². The molecule has 0 saturated carbocycles. The first-order chi connectivity index (χ1) is 12.0. The molecule has 1 aliphatic rings. The van der Waals surface area contributed by atoms with E-state index < -0.39 is 18.9 Å². The first-order valence-corrected chi connectivity index (χ1v) is 9.38. The molecular weight excluding hydrogens is 363 g/mol. The number of hydrogen-bond acceptors (Lipinski definition) is 5. The second kappa shape index (κ2) is 6.77. The molecule has 0 aliphatic carbocycles. The summed E-state index contributed by atoms with van der Waals surface area (Å²) in [5, 5.41) is -1.87. The Morgan fingerprint density at radius 1 is 0.960 bits per heavy atom. The van der Waals surface area contributed by atoms with Crippen LogP contribution in [0.1, 0.15) is 11.1 Å². The molecule has 0 bridgehead atoms. The van der Waals surface area contributed by atoms with E-state index in [1.165, 1.54) is 14.2 Å². The van der Waals surface area contributed by atoms with Crippen molar-refractivity contribution in [3.8, 4) is 0 Å². The molecule has 130 valence electrons. The van der Waals surface area contributed by atoms with Gasteiger partial charge in [-0.1, -0.05) is 72.3 Å². The largest absolute Gasteiger partial charge is 0.431 e. The van der Waals surface area contributed by atoms with Gasteiger partial charge in [0.05, 0.1) is 10.6 Å². The molecule has 0 aromatic heterocycles. The van der Waals surface area contributed by atoms with Gasteiger partial charge in [0, 0.05) is 19.8 Å². The molecule has 1 aliphatic heterocycles. The third kappa shape index (κ3) is 2.64. The molecule has 0 saturated heterocycles. The van der Waals surface area contributed by atoms with Crippen LogP contribution in [0.15, 0.2) is 65.7 Å². The van der Waals surface area contributed by atoms with Gasteiger partial charge in [0.15, 0.2) is 0 Å². The summed E-state index contributed by atoms with van der Waals surface area (Å²) in [4.78, 5) is 12.7. The van der Waals surface area contributed by atoms with E-state index in [1.807, 2.05) is 6.07 Å². The number of halogens is 1. The molecule has 5 nitrogen and oxygen atoms in total.